The minimum atomic E-state index is -0.154. The van der Waals surface area contributed by atoms with Crippen molar-refractivity contribution < 1.29 is 9.53 Å². The minimum absolute atomic E-state index is 0.154. The Morgan fingerprint density at radius 1 is 0.909 bits per heavy atom. The molecule has 0 unspecified atom stereocenters. The molecule has 0 atom stereocenters. The largest absolute Gasteiger partial charge is 0.378 e. The lowest BCUT2D eigenvalue weighted by Crippen LogP contribution is -2.47. The molecule has 1 aliphatic heterocycles. The highest BCUT2D eigenvalue weighted by Crippen LogP contribution is 2.34. The van der Waals surface area contributed by atoms with Crippen LogP contribution in [0.5, 0.6) is 0 Å². The molecule has 0 aromatic carbocycles. The van der Waals surface area contributed by atoms with E-state index in [1.807, 2.05) is 4.90 Å². The Morgan fingerprint density at radius 2 is 1.41 bits per heavy atom. The van der Waals surface area contributed by atoms with Gasteiger partial charge in [0.05, 0.1) is 13.2 Å². The van der Waals surface area contributed by atoms with Crippen molar-refractivity contribution in [1.29, 1.82) is 0 Å². The molecule has 130 valence electrons. The fraction of sp³-hybridized carbons (Fsp3) is 0.947. The lowest BCUT2D eigenvalue weighted by atomic mass is 9.78. The molecule has 0 saturated carbocycles. The van der Waals surface area contributed by atoms with Crippen LogP contribution in [0.2, 0.25) is 0 Å². The van der Waals surface area contributed by atoms with Gasteiger partial charge in [0.1, 0.15) is 0 Å². The number of rotatable bonds is 11. The molecule has 3 heteroatoms. The van der Waals surface area contributed by atoms with E-state index < -0.39 is 0 Å². The normalized spacial score (nSPS) is 16.0. The molecule has 0 aromatic rings. The molecule has 0 radical (unpaired) electrons. The van der Waals surface area contributed by atoms with E-state index in [2.05, 4.69) is 20.8 Å². The van der Waals surface area contributed by atoms with Crippen molar-refractivity contribution in [3.63, 3.8) is 0 Å². The standard InChI is InChI=1S/C19H37NO2/c1-4-6-8-10-12-19(3,13-11-9-7-5-2)18(21)20-14-16-22-17-15-20/h4-17H2,1-3H3. The average Bonchev–Trinajstić information content (AvgIpc) is 2.56. The summed E-state index contributed by atoms with van der Waals surface area (Å²) in [6.07, 6.45) is 12.1. The SMILES string of the molecule is CCCCCCC(C)(CCCCCC)C(=O)N1CCOCC1. The van der Waals surface area contributed by atoms with E-state index in [4.69, 9.17) is 4.74 Å². The van der Waals surface area contributed by atoms with E-state index in [0.29, 0.717) is 19.1 Å². The third-order valence-electron chi connectivity index (χ3n) is 4.98. The van der Waals surface area contributed by atoms with Gasteiger partial charge in [-0.15, -0.1) is 0 Å². The first-order chi connectivity index (χ1) is 10.6. The highest BCUT2D eigenvalue weighted by molar-refractivity contribution is 5.82. The summed E-state index contributed by atoms with van der Waals surface area (Å²) in [7, 11) is 0. The second-order valence-corrected chi connectivity index (χ2v) is 7.09. The second-order valence-electron chi connectivity index (χ2n) is 7.09. The van der Waals surface area contributed by atoms with E-state index in [9.17, 15) is 4.79 Å². The maximum absolute atomic E-state index is 13.0. The average molecular weight is 312 g/mol. The van der Waals surface area contributed by atoms with Crippen LogP contribution in [0.4, 0.5) is 0 Å². The summed E-state index contributed by atoms with van der Waals surface area (Å²) in [6, 6.07) is 0. The van der Waals surface area contributed by atoms with Crippen molar-refractivity contribution in [3.05, 3.63) is 0 Å². The third-order valence-corrected chi connectivity index (χ3v) is 4.98. The van der Waals surface area contributed by atoms with Gasteiger partial charge in [0.2, 0.25) is 5.91 Å². The summed E-state index contributed by atoms with van der Waals surface area (Å²) in [5.74, 6) is 0.379. The maximum atomic E-state index is 13.0. The van der Waals surface area contributed by atoms with Crippen LogP contribution in [0, 0.1) is 5.41 Å². The molecular formula is C19H37NO2. The van der Waals surface area contributed by atoms with Crippen LogP contribution in [0.25, 0.3) is 0 Å². The number of unbranched alkanes of at least 4 members (excludes halogenated alkanes) is 6. The third kappa shape index (κ3) is 6.68. The smallest absolute Gasteiger partial charge is 0.228 e. The molecule has 0 N–H and O–H groups in total. The summed E-state index contributed by atoms with van der Waals surface area (Å²) < 4.78 is 5.39. The summed E-state index contributed by atoms with van der Waals surface area (Å²) in [5.41, 5.74) is -0.154. The highest BCUT2D eigenvalue weighted by atomic mass is 16.5. The van der Waals surface area contributed by atoms with E-state index in [1.54, 1.807) is 0 Å². The molecule has 1 saturated heterocycles. The number of hydrogen-bond acceptors (Lipinski definition) is 2. The van der Waals surface area contributed by atoms with Gasteiger partial charge in [-0.3, -0.25) is 4.79 Å². The molecule has 1 rings (SSSR count). The van der Waals surface area contributed by atoms with E-state index in [-0.39, 0.29) is 5.41 Å². The van der Waals surface area contributed by atoms with Gasteiger partial charge in [-0.1, -0.05) is 72.1 Å². The predicted molar refractivity (Wildman–Crippen MR) is 93.0 cm³/mol. The molecule has 1 fully saturated rings. The maximum Gasteiger partial charge on any atom is 0.228 e. The number of nitrogens with zero attached hydrogens (tertiary/aromatic N) is 1. The lowest BCUT2D eigenvalue weighted by molar-refractivity contribution is -0.146. The Kier molecular flexibility index (Phi) is 9.77. The van der Waals surface area contributed by atoms with Crippen LogP contribution in [0.3, 0.4) is 0 Å². The molecule has 0 aromatic heterocycles. The molecule has 0 bridgehead atoms. The Morgan fingerprint density at radius 3 is 1.86 bits per heavy atom. The zero-order valence-corrected chi connectivity index (χ0v) is 15.2. The van der Waals surface area contributed by atoms with Crippen LogP contribution >= 0.6 is 0 Å². The van der Waals surface area contributed by atoms with Crippen molar-refractivity contribution in [2.75, 3.05) is 26.3 Å². The zero-order chi connectivity index (χ0) is 16.3. The van der Waals surface area contributed by atoms with Gasteiger partial charge >= 0.3 is 0 Å². The molecule has 1 amide bonds. The summed E-state index contributed by atoms with van der Waals surface area (Å²) >= 11 is 0. The number of ether oxygens (including phenoxy) is 1. The van der Waals surface area contributed by atoms with Gasteiger partial charge < -0.3 is 9.64 Å². The molecule has 1 aliphatic rings. The van der Waals surface area contributed by atoms with Gasteiger partial charge in [-0.2, -0.15) is 0 Å². The Bertz CT molecular complexity index is 286. The molecule has 22 heavy (non-hydrogen) atoms. The summed E-state index contributed by atoms with van der Waals surface area (Å²) in [6.45, 7) is 9.64. The molecule has 1 heterocycles. The topological polar surface area (TPSA) is 29.5 Å². The Balaban J connectivity index is 2.55. The first-order valence-electron chi connectivity index (χ1n) is 9.51. The fourth-order valence-corrected chi connectivity index (χ4v) is 3.37. The fourth-order valence-electron chi connectivity index (χ4n) is 3.37. The monoisotopic (exact) mass is 311 g/mol. The lowest BCUT2D eigenvalue weighted by Gasteiger charge is -2.36. The first-order valence-corrected chi connectivity index (χ1v) is 9.51. The Hall–Kier alpha value is -0.570. The van der Waals surface area contributed by atoms with Gasteiger partial charge in [-0.25, -0.2) is 0 Å². The summed E-state index contributed by atoms with van der Waals surface area (Å²) in [4.78, 5) is 15.1. The van der Waals surface area contributed by atoms with Crippen LogP contribution in [0.15, 0.2) is 0 Å². The Labute approximate surface area is 137 Å². The van der Waals surface area contributed by atoms with Gasteiger partial charge in [0.25, 0.3) is 0 Å². The van der Waals surface area contributed by atoms with E-state index >= 15 is 0 Å². The van der Waals surface area contributed by atoms with Crippen molar-refractivity contribution in [3.8, 4) is 0 Å². The van der Waals surface area contributed by atoms with Crippen LogP contribution in [-0.2, 0) is 9.53 Å². The highest BCUT2D eigenvalue weighted by Gasteiger charge is 2.36. The number of carbonyl (C=O) groups is 1. The quantitative estimate of drug-likeness (QED) is 0.513. The van der Waals surface area contributed by atoms with Crippen LogP contribution in [-0.4, -0.2) is 37.1 Å². The van der Waals surface area contributed by atoms with Crippen LogP contribution < -0.4 is 0 Å². The zero-order valence-electron chi connectivity index (χ0n) is 15.2. The number of hydrogen-bond donors (Lipinski definition) is 0. The number of carbonyl (C=O) groups excluding carboxylic acids is 1. The van der Waals surface area contributed by atoms with Crippen molar-refractivity contribution in [2.24, 2.45) is 5.41 Å². The predicted octanol–water partition coefficient (Wildman–Crippen LogP) is 4.79. The van der Waals surface area contributed by atoms with Gasteiger partial charge in [0.15, 0.2) is 0 Å². The number of amides is 1. The molecule has 0 spiro atoms. The van der Waals surface area contributed by atoms with Crippen molar-refractivity contribution in [2.45, 2.75) is 85.0 Å². The number of morpholine rings is 1. The second kappa shape index (κ2) is 11.0. The van der Waals surface area contributed by atoms with Crippen molar-refractivity contribution >= 4 is 5.91 Å². The van der Waals surface area contributed by atoms with E-state index in [1.165, 1.54) is 51.4 Å². The van der Waals surface area contributed by atoms with Crippen molar-refractivity contribution in [1.82, 2.24) is 4.90 Å². The van der Waals surface area contributed by atoms with E-state index in [0.717, 1.165) is 25.9 Å². The molecule has 0 aliphatic carbocycles. The molecular weight excluding hydrogens is 274 g/mol. The van der Waals surface area contributed by atoms with Gasteiger partial charge in [-0.05, 0) is 12.8 Å². The van der Waals surface area contributed by atoms with Crippen LogP contribution in [0.1, 0.15) is 85.0 Å². The molecule has 3 nitrogen and oxygen atoms in total. The first kappa shape index (κ1) is 19.5. The minimum Gasteiger partial charge on any atom is -0.378 e. The van der Waals surface area contributed by atoms with Gasteiger partial charge in [0, 0.05) is 18.5 Å². The summed E-state index contributed by atoms with van der Waals surface area (Å²) in [5, 5.41) is 0.